The molecule has 34 heavy (non-hydrogen) atoms. The van der Waals surface area contributed by atoms with Gasteiger partial charge in [-0.1, -0.05) is 24.6 Å². The van der Waals surface area contributed by atoms with Crippen LogP contribution in [-0.4, -0.2) is 46.1 Å². The SMILES string of the molecule is O=C(I)NCCNCc1cc2ccc(Oc3ccccc3)cc2n(CCN2CCCCC2)c1=O. The molecule has 3 aromatic rings. The van der Waals surface area contributed by atoms with Gasteiger partial charge in [0.15, 0.2) is 0 Å². The van der Waals surface area contributed by atoms with E-state index in [1.165, 1.54) is 19.3 Å². The molecule has 8 heteroatoms. The molecular weight excluding hydrogens is 543 g/mol. The second-order valence-corrected chi connectivity index (χ2v) is 9.52. The lowest BCUT2D eigenvalue weighted by Gasteiger charge is -2.27. The van der Waals surface area contributed by atoms with Gasteiger partial charge < -0.3 is 24.8 Å². The number of amides is 1. The topological polar surface area (TPSA) is 75.6 Å². The Morgan fingerprint density at radius 2 is 1.74 bits per heavy atom. The van der Waals surface area contributed by atoms with Gasteiger partial charge in [0.1, 0.15) is 11.5 Å². The number of para-hydroxylation sites is 1. The standard InChI is InChI=1S/C26H31IN4O3/c27-26(33)29-12-11-28-19-21-17-20-9-10-23(34-22-7-3-1-4-8-22)18-24(20)31(25(21)32)16-15-30-13-5-2-6-14-30/h1,3-4,7-10,17-18,28H,2,5-6,11-16,19H2,(H,29,33). The lowest BCUT2D eigenvalue weighted by molar-refractivity contribution is 0.221. The lowest BCUT2D eigenvalue weighted by atomic mass is 10.1. The highest BCUT2D eigenvalue weighted by atomic mass is 127. The van der Waals surface area contributed by atoms with Gasteiger partial charge in [0.05, 0.1) is 5.52 Å². The third kappa shape index (κ3) is 6.80. The quantitative estimate of drug-likeness (QED) is 0.161. The van der Waals surface area contributed by atoms with Crippen LogP contribution >= 0.6 is 22.6 Å². The van der Waals surface area contributed by atoms with Gasteiger partial charge in [0.25, 0.3) is 9.47 Å². The minimum absolute atomic E-state index is 0.0202. The Balaban J connectivity index is 1.58. The lowest BCUT2D eigenvalue weighted by Crippen LogP contribution is -2.36. The number of hydrogen-bond acceptors (Lipinski definition) is 5. The highest BCUT2D eigenvalue weighted by Crippen LogP contribution is 2.25. The number of piperidine rings is 1. The fraction of sp³-hybridized carbons (Fsp3) is 0.385. The van der Waals surface area contributed by atoms with E-state index in [0.717, 1.165) is 41.9 Å². The zero-order valence-electron chi connectivity index (χ0n) is 19.3. The molecule has 1 saturated heterocycles. The van der Waals surface area contributed by atoms with Gasteiger partial charge in [-0.05, 0) is 61.6 Å². The molecule has 7 nitrogen and oxygen atoms in total. The Bertz CT molecular complexity index is 1160. The monoisotopic (exact) mass is 574 g/mol. The highest BCUT2D eigenvalue weighted by molar-refractivity contribution is 14.1. The highest BCUT2D eigenvalue weighted by Gasteiger charge is 2.14. The number of rotatable bonds is 10. The molecule has 1 fully saturated rings. The summed E-state index contributed by atoms with van der Waals surface area (Å²) in [5, 5.41) is 7.04. The van der Waals surface area contributed by atoms with Crippen molar-refractivity contribution in [1.29, 1.82) is 0 Å². The molecule has 0 radical (unpaired) electrons. The number of fused-ring (bicyclic) bond motifs is 1. The molecule has 0 aliphatic carbocycles. The molecule has 0 unspecified atom stereocenters. The molecule has 1 aliphatic rings. The van der Waals surface area contributed by atoms with Gasteiger partial charge in [-0.2, -0.15) is 0 Å². The predicted octanol–water partition coefficient (Wildman–Crippen LogP) is 4.51. The first-order valence-corrected chi connectivity index (χ1v) is 12.9. The van der Waals surface area contributed by atoms with Crippen LogP contribution < -0.4 is 20.9 Å². The first kappa shape index (κ1) is 24.7. The molecule has 0 spiro atoms. The molecule has 0 saturated carbocycles. The number of nitrogens with zero attached hydrogens (tertiary/aromatic N) is 2. The maximum atomic E-state index is 13.5. The third-order valence-electron chi connectivity index (χ3n) is 6.09. The predicted molar refractivity (Wildman–Crippen MR) is 144 cm³/mol. The fourth-order valence-electron chi connectivity index (χ4n) is 4.34. The van der Waals surface area contributed by atoms with Crippen LogP contribution in [0.2, 0.25) is 0 Å². The van der Waals surface area contributed by atoms with Gasteiger partial charge in [-0.3, -0.25) is 9.59 Å². The van der Waals surface area contributed by atoms with E-state index < -0.39 is 0 Å². The van der Waals surface area contributed by atoms with Crippen LogP contribution in [0.3, 0.4) is 0 Å². The van der Waals surface area contributed by atoms with Crippen molar-refractivity contribution < 1.29 is 9.53 Å². The molecule has 180 valence electrons. The number of nitrogens with one attached hydrogen (secondary N) is 2. The Kier molecular flexibility index (Phi) is 8.95. The summed E-state index contributed by atoms with van der Waals surface area (Å²) >= 11 is 1.72. The number of likely N-dealkylation sites (tertiary alicyclic amines) is 1. The Morgan fingerprint density at radius 1 is 0.941 bits per heavy atom. The molecule has 4 rings (SSSR count). The molecule has 2 N–H and O–H groups in total. The van der Waals surface area contributed by atoms with Gasteiger partial charge in [-0.15, -0.1) is 0 Å². The van der Waals surface area contributed by atoms with Gasteiger partial charge in [-0.25, -0.2) is 0 Å². The van der Waals surface area contributed by atoms with E-state index in [1.807, 2.05) is 59.2 Å². The van der Waals surface area contributed by atoms with E-state index >= 15 is 0 Å². The minimum Gasteiger partial charge on any atom is -0.457 e. The number of carbonyl (C=O) groups is 1. The molecule has 1 aromatic heterocycles. The van der Waals surface area contributed by atoms with Crippen molar-refractivity contribution in [1.82, 2.24) is 20.1 Å². The van der Waals surface area contributed by atoms with Crippen molar-refractivity contribution in [3.05, 3.63) is 70.5 Å². The number of pyridine rings is 1. The molecule has 2 heterocycles. The summed E-state index contributed by atoms with van der Waals surface area (Å²) in [6.07, 6.45) is 3.74. The summed E-state index contributed by atoms with van der Waals surface area (Å²) in [4.78, 5) is 27.0. The molecule has 1 aliphatic heterocycles. The van der Waals surface area contributed by atoms with Gasteiger partial charge in [0.2, 0.25) is 0 Å². The number of hydrogen-bond donors (Lipinski definition) is 2. The summed E-state index contributed by atoms with van der Waals surface area (Å²) in [6, 6.07) is 17.6. The average molecular weight is 574 g/mol. The van der Waals surface area contributed by atoms with Crippen molar-refractivity contribution in [3.63, 3.8) is 0 Å². The summed E-state index contributed by atoms with van der Waals surface area (Å²) in [7, 11) is 0. The summed E-state index contributed by atoms with van der Waals surface area (Å²) < 4.78 is 7.85. The molecular formula is C26H31IN4O3. The summed E-state index contributed by atoms with van der Waals surface area (Å²) in [5.41, 5.74) is 1.63. The third-order valence-corrected chi connectivity index (χ3v) is 6.47. The summed E-state index contributed by atoms with van der Waals surface area (Å²) in [5.74, 6) is 1.48. The maximum absolute atomic E-state index is 13.5. The van der Waals surface area contributed by atoms with Gasteiger partial charge in [0, 0.05) is 66.9 Å². The second-order valence-electron chi connectivity index (χ2n) is 8.54. The van der Waals surface area contributed by atoms with Crippen molar-refractivity contribution in [2.24, 2.45) is 0 Å². The number of ether oxygens (including phenoxy) is 1. The van der Waals surface area contributed by atoms with Crippen molar-refractivity contribution in [2.75, 3.05) is 32.7 Å². The second kappa shape index (κ2) is 12.3. The number of aromatic nitrogens is 1. The molecule has 2 aromatic carbocycles. The van der Waals surface area contributed by atoms with E-state index in [0.29, 0.717) is 31.9 Å². The maximum Gasteiger partial charge on any atom is 0.280 e. The van der Waals surface area contributed by atoms with Crippen LogP contribution in [0.25, 0.3) is 10.9 Å². The number of halogens is 1. The average Bonchev–Trinajstić information content (AvgIpc) is 2.85. The van der Waals surface area contributed by atoms with Crippen LogP contribution in [0.4, 0.5) is 4.79 Å². The Morgan fingerprint density at radius 3 is 2.50 bits per heavy atom. The number of carbonyl (C=O) groups excluding carboxylic acids is 1. The first-order chi connectivity index (χ1) is 16.6. The van der Waals surface area contributed by atoms with Crippen molar-refractivity contribution in [2.45, 2.75) is 32.4 Å². The Labute approximate surface area is 213 Å². The largest absolute Gasteiger partial charge is 0.457 e. The molecule has 0 bridgehead atoms. The van der Waals surface area contributed by atoms with Crippen LogP contribution in [0.15, 0.2) is 59.4 Å². The summed E-state index contributed by atoms with van der Waals surface area (Å²) in [6.45, 7) is 5.28. The fourth-order valence-corrected chi connectivity index (χ4v) is 4.61. The Hall–Kier alpha value is -2.43. The van der Waals surface area contributed by atoms with Crippen molar-refractivity contribution >= 4 is 37.4 Å². The minimum atomic E-state index is -0.0845. The van der Waals surface area contributed by atoms with Crippen LogP contribution in [0, 0.1) is 0 Å². The van der Waals surface area contributed by atoms with Crippen LogP contribution in [-0.2, 0) is 13.1 Å². The van der Waals surface area contributed by atoms with Gasteiger partial charge >= 0.3 is 0 Å². The smallest absolute Gasteiger partial charge is 0.280 e. The van der Waals surface area contributed by atoms with Crippen LogP contribution in [0.5, 0.6) is 11.5 Å². The van der Waals surface area contributed by atoms with E-state index in [9.17, 15) is 9.59 Å². The van der Waals surface area contributed by atoms with Crippen LogP contribution in [0.1, 0.15) is 24.8 Å². The van der Waals surface area contributed by atoms with Crippen molar-refractivity contribution in [3.8, 4) is 11.5 Å². The first-order valence-electron chi connectivity index (χ1n) is 11.9. The van der Waals surface area contributed by atoms with E-state index in [2.05, 4.69) is 15.5 Å². The zero-order valence-corrected chi connectivity index (χ0v) is 21.4. The van der Waals surface area contributed by atoms with E-state index in [-0.39, 0.29) is 9.47 Å². The molecule has 1 amide bonds. The molecule has 0 atom stereocenters. The van der Waals surface area contributed by atoms with E-state index in [1.54, 1.807) is 22.6 Å². The zero-order chi connectivity index (χ0) is 23.8. The normalized spacial score (nSPS) is 14.3. The van der Waals surface area contributed by atoms with E-state index in [4.69, 9.17) is 4.74 Å². The number of benzene rings is 2.